The Morgan fingerprint density at radius 3 is 2.46 bits per heavy atom. The summed E-state index contributed by atoms with van der Waals surface area (Å²) in [7, 11) is -2.58. The van der Waals surface area contributed by atoms with Crippen LogP contribution in [0.15, 0.2) is 77.7 Å². The van der Waals surface area contributed by atoms with Gasteiger partial charge in [-0.25, -0.2) is 8.42 Å². The third-order valence-electron chi connectivity index (χ3n) is 6.06. The molecule has 0 aliphatic carbocycles. The van der Waals surface area contributed by atoms with E-state index in [-0.39, 0.29) is 23.0 Å². The van der Waals surface area contributed by atoms with Crippen molar-refractivity contribution in [1.82, 2.24) is 10.2 Å². The van der Waals surface area contributed by atoms with Gasteiger partial charge in [0.1, 0.15) is 12.3 Å². The van der Waals surface area contributed by atoms with Crippen LogP contribution < -0.4 is 14.4 Å². The van der Waals surface area contributed by atoms with Crippen molar-refractivity contribution >= 4 is 39.1 Å². The molecule has 10 heteroatoms. The Hall–Kier alpha value is -3.56. The quantitative estimate of drug-likeness (QED) is 0.419. The molecule has 0 bridgehead atoms. The molecule has 0 radical (unpaired) electrons. The van der Waals surface area contributed by atoms with E-state index in [1.807, 2.05) is 29.2 Å². The number of amides is 2. The molecule has 1 N–H and O–H groups in total. The maximum Gasteiger partial charge on any atom is 0.264 e. The second kappa shape index (κ2) is 11.7. The van der Waals surface area contributed by atoms with Crippen molar-refractivity contribution in [2.75, 3.05) is 24.5 Å². The number of benzene rings is 3. The summed E-state index contributed by atoms with van der Waals surface area (Å²) >= 11 is 6.12. The first-order valence-electron chi connectivity index (χ1n) is 11.8. The maximum absolute atomic E-state index is 13.5. The number of likely N-dealkylation sites (tertiary alicyclic amines) is 1. The molecule has 0 spiro atoms. The standard InChI is InChI=1S/C27H28ClN3O5S/c1-36-24-10-12-25(13-11-24)37(34,35)31(23-8-3-7-22(28)16-23)19-26(32)29-17-20-5-2-6-21(15-20)18-30-14-4-9-27(30)33/h2-3,5-8,10-13,15-16H,4,9,14,17-19H2,1H3,(H,29,32). The van der Waals surface area contributed by atoms with Crippen molar-refractivity contribution in [3.05, 3.63) is 88.9 Å². The Bertz CT molecular complexity index is 1380. The van der Waals surface area contributed by atoms with Crippen molar-refractivity contribution < 1.29 is 22.7 Å². The van der Waals surface area contributed by atoms with Gasteiger partial charge in [-0.2, -0.15) is 0 Å². The van der Waals surface area contributed by atoms with Crippen LogP contribution in [0.5, 0.6) is 5.75 Å². The van der Waals surface area contributed by atoms with E-state index in [2.05, 4.69) is 5.32 Å². The maximum atomic E-state index is 13.5. The Morgan fingerprint density at radius 2 is 1.78 bits per heavy atom. The summed E-state index contributed by atoms with van der Waals surface area (Å²) in [6.45, 7) is 1.06. The second-order valence-corrected chi connectivity index (χ2v) is 11.0. The van der Waals surface area contributed by atoms with Gasteiger partial charge in [0.2, 0.25) is 11.8 Å². The molecule has 1 aliphatic heterocycles. The highest BCUT2D eigenvalue weighted by molar-refractivity contribution is 7.92. The molecule has 194 valence electrons. The highest BCUT2D eigenvalue weighted by Gasteiger charge is 2.27. The fourth-order valence-corrected chi connectivity index (χ4v) is 5.74. The predicted molar refractivity (Wildman–Crippen MR) is 142 cm³/mol. The lowest BCUT2D eigenvalue weighted by molar-refractivity contribution is -0.128. The minimum atomic E-state index is -4.08. The molecule has 0 saturated carbocycles. The summed E-state index contributed by atoms with van der Waals surface area (Å²) in [5.41, 5.74) is 2.10. The fourth-order valence-electron chi connectivity index (χ4n) is 4.14. The summed E-state index contributed by atoms with van der Waals surface area (Å²) in [5.74, 6) is 0.192. The van der Waals surface area contributed by atoms with Gasteiger partial charge < -0.3 is 15.0 Å². The summed E-state index contributed by atoms with van der Waals surface area (Å²) in [5, 5.41) is 3.15. The third-order valence-corrected chi connectivity index (χ3v) is 8.08. The monoisotopic (exact) mass is 541 g/mol. The Balaban J connectivity index is 1.48. The predicted octanol–water partition coefficient (Wildman–Crippen LogP) is 3.98. The average molecular weight is 542 g/mol. The number of sulfonamides is 1. The van der Waals surface area contributed by atoms with Gasteiger partial charge >= 0.3 is 0 Å². The third kappa shape index (κ3) is 6.61. The molecule has 1 aliphatic rings. The van der Waals surface area contributed by atoms with Crippen LogP contribution >= 0.6 is 11.6 Å². The minimum Gasteiger partial charge on any atom is -0.497 e. The van der Waals surface area contributed by atoms with Gasteiger partial charge in [0, 0.05) is 31.1 Å². The average Bonchev–Trinajstić information content (AvgIpc) is 3.30. The van der Waals surface area contributed by atoms with Crippen LogP contribution in [0.4, 0.5) is 5.69 Å². The summed E-state index contributed by atoms with van der Waals surface area (Å²) in [6.07, 6.45) is 1.45. The highest BCUT2D eigenvalue weighted by Crippen LogP contribution is 2.27. The van der Waals surface area contributed by atoms with E-state index < -0.39 is 22.5 Å². The molecule has 1 fully saturated rings. The van der Waals surface area contributed by atoms with Gasteiger partial charge in [-0.15, -0.1) is 0 Å². The number of rotatable bonds is 10. The number of carbonyl (C=O) groups excluding carboxylic acids is 2. The van der Waals surface area contributed by atoms with E-state index in [0.29, 0.717) is 23.7 Å². The van der Waals surface area contributed by atoms with Crippen molar-refractivity contribution in [3.63, 3.8) is 0 Å². The van der Waals surface area contributed by atoms with Gasteiger partial charge in [-0.3, -0.25) is 13.9 Å². The van der Waals surface area contributed by atoms with Crippen molar-refractivity contribution in [3.8, 4) is 5.75 Å². The SMILES string of the molecule is COc1ccc(S(=O)(=O)N(CC(=O)NCc2cccc(CN3CCCC3=O)c2)c2cccc(Cl)c2)cc1. The van der Waals surface area contributed by atoms with Gasteiger partial charge in [0.05, 0.1) is 17.7 Å². The van der Waals surface area contributed by atoms with E-state index in [4.69, 9.17) is 16.3 Å². The lowest BCUT2D eigenvalue weighted by Gasteiger charge is -2.24. The Labute approximate surface area is 221 Å². The van der Waals surface area contributed by atoms with Crippen molar-refractivity contribution in [2.24, 2.45) is 0 Å². The number of halogens is 1. The molecule has 3 aromatic carbocycles. The topological polar surface area (TPSA) is 96.0 Å². The van der Waals surface area contributed by atoms with Crippen LogP contribution in [0.3, 0.4) is 0 Å². The molecule has 0 atom stereocenters. The number of methoxy groups -OCH3 is 1. The van der Waals surface area contributed by atoms with E-state index in [0.717, 1.165) is 28.4 Å². The van der Waals surface area contributed by atoms with E-state index in [1.165, 1.54) is 25.3 Å². The lowest BCUT2D eigenvalue weighted by atomic mass is 10.1. The molecule has 37 heavy (non-hydrogen) atoms. The van der Waals surface area contributed by atoms with Crippen LogP contribution in [-0.2, 0) is 32.7 Å². The zero-order chi connectivity index (χ0) is 26.4. The first kappa shape index (κ1) is 26.5. The van der Waals surface area contributed by atoms with Crippen LogP contribution in [0.25, 0.3) is 0 Å². The van der Waals surface area contributed by atoms with Crippen LogP contribution in [0.2, 0.25) is 5.02 Å². The number of hydrogen-bond acceptors (Lipinski definition) is 5. The second-order valence-electron chi connectivity index (χ2n) is 8.68. The zero-order valence-corrected chi connectivity index (χ0v) is 22.0. The van der Waals surface area contributed by atoms with E-state index in [1.54, 1.807) is 30.3 Å². The molecule has 4 rings (SSSR count). The largest absolute Gasteiger partial charge is 0.497 e. The smallest absolute Gasteiger partial charge is 0.264 e. The van der Waals surface area contributed by atoms with Crippen LogP contribution in [0.1, 0.15) is 24.0 Å². The number of nitrogens with zero attached hydrogens (tertiary/aromatic N) is 2. The number of carbonyl (C=O) groups is 2. The molecule has 1 saturated heterocycles. The minimum absolute atomic E-state index is 0.0187. The lowest BCUT2D eigenvalue weighted by Crippen LogP contribution is -2.40. The van der Waals surface area contributed by atoms with Crippen LogP contribution in [0, 0.1) is 0 Å². The molecule has 1 heterocycles. The first-order chi connectivity index (χ1) is 17.8. The normalized spacial score (nSPS) is 13.5. The molecule has 0 aromatic heterocycles. The first-order valence-corrected chi connectivity index (χ1v) is 13.6. The summed E-state index contributed by atoms with van der Waals surface area (Å²) in [6, 6.07) is 19.9. The van der Waals surface area contributed by atoms with Crippen molar-refractivity contribution in [1.29, 1.82) is 0 Å². The van der Waals surface area contributed by atoms with Gasteiger partial charge in [-0.1, -0.05) is 41.9 Å². The molecule has 0 unspecified atom stereocenters. The van der Waals surface area contributed by atoms with Gasteiger partial charge in [0.25, 0.3) is 10.0 Å². The zero-order valence-electron chi connectivity index (χ0n) is 20.4. The molecular weight excluding hydrogens is 514 g/mol. The Morgan fingerprint density at radius 1 is 1.05 bits per heavy atom. The molecule has 3 aromatic rings. The van der Waals surface area contributed by atoms with Gasteiger partial charge in [0.15, 0.2) is 0 Å². The molecular formula is C27H28ClN3O5S. The molecule has 2 amide bonds. The van der Waals surface area contributed by atoms with Crippen molar-refractivity contribution in [2.45, 2.75) is 30.8 Å². The fraction of sp³-hybridized carbons (Fsp3) is 0.259. The molecule has 8 nitrogen and oxygen atoms in total. The van der Waals surface area contributed by atoms with Gasteiger partial charge in [-0.05, 0) is 60.0 Å². The number of anilines is 1. The number of nitrogens with one attached hydrogen (secondary N) is 1. The number of ether oxygens (including phenoxy) is 1. The van der Waals surface area contributed by atoms with Crippen LogP contribution in [-0.4, -0.2) is 45.3 Å². The highest BCUT2D eigenvalue weighted by atomic mass is 35.5. The summed E-state index contributed by atoms with van der Waals surface area (Å²) in [4.78, 5) is 26.7. The van der Waals surface area contributed by atoms with E-state index >= 15 is 0 Å². The Kier molecular flexibility index (Phi) is 8.35. The van der Waals surface area contributed by atoms with E-state index in [9.17, 15) is 18.0 Å². The summed E-state index contributed by atoms with van der Waals surface area (Å²) < 4.78 is 33.2. The number of hydrogen-bond donors (Lipinski definition) is 1.